The molecule has 162 valence electrons. The molecule has 1 aliphatic heterocycles. The van der Waals surface area contributed by atoms with Gasteiger partial charge in [-0.2, -0.15) is 8.78 Å². The largest absolute Gasteiger partial charge is 0.382 e. The van der Waals surface area contributed by atoms with Gasteiger partial charge < -0.3 is 25.1 Å². The Hall–Kier alpha value is -1.45. The zero-order valence-electron chi connectivity index (χ0n) is 15.7. The Morgan fingerprint density at radius 1 is 1.31 bits per heavy atom. The molecule has 2 rings (SSSR count). The molecule has 1 aliphatic rings. The topological polar surface area (TPSA) is 110 Å². The summed E-state index contributed by atoms with van der Waals surface area (Å²) in [7, 11) is -4.02. The molecule has 0 spiro atoms. The van der Waals surface area contributed by atoms with Gasteiger partial charge in [-0.25, -0.2) is 4.79 Å². The Kier molecular flexibility index (Phi) is 8.66. The van der Waals surface area contributed by atoms with Gasteiger partial charge in [0.2, 0.25) is 0 Å². The normalized spacial score (nSPS) is 19.0. The number of thioether (sulfide) groups is 1. The smallest absolute Gasteiger partial charge is 0.335 e. The molecule has 1 heterocycles. The van der Waals surface area contributed by atoms with E-state index in [1.165, 1.54) is 35.2 Å². The molecule has 2 atom stereocenters. The van der Waals surface area contributed by atoms with E-state index in [9.17, 15) is 23.2 Å². The van der Waals surface area contributed by atoms with Crippen LogP contribution in [0, 0.1) is 0 Å². The number of alkyl halides is 2. The van der Waals surface area contributed by atoms with Gasteiger partial charge in [0.1, 0.15) is 6.10 Å². The van der Waals surface area contributed by atoms with Crippen molar-refractivity contribution >= 4 is 25.4 Å². The van der Waals surface area contributed by atoms with E-state index in [0.29, 0.717) is 25.1 Å². The number of carbonyl (C=O) groups is 1. The van der Waals surface area contributed by atoms with Crippen LogP contribution in [-0.2, 0) is 10.5 Å². The second-order valence-electron chi connectivity index (χ2n) is 6.67. The van der Waals surface area contributed by atoms with Crippen molar-refractivity contribution in [2.24, 2.45) is 0 Å². The lowest BCUT2D eigenvalue weighted by atomic mass is 10.0. The minimum absolute atomic E-state index is 0.240. The zero-order valence-corrected chi connectivity index (χ0v) is 17.4. The fourth-order valence-corrected chi connectivity index (χ4v) is 4.72. The third kappa shape index (κ3) is 7.38. The van der Waals surface area contributed by atoms with E-state index >= 15 is 0 Å². The number of urea groups is 1. The summed E-state index contributed by atoms with van der Waals surface area (Å²) in [6, 6.07) is 6.28. The van der Waals surface area contributed by atoms with Gasteiger partial charge in [-0.3, -0.25) is 4.57 Å². The van der Waals surface area contributed by atoms with Gasteiger partial charge in [0.25, 0.3) is 0 Å². The third-order valence-corrected chi connectivity index (χ3v) is 7.02. The molecule has 4 N–H and O–H groups in total. The monoisotopic (exact) mass is 450 g/mol. The summed E-state index contributed by atoms with van der Waals surface area (Å²) in [4.78, 5) is 31.1. The van der Waals surface area contributed by atoms with Crippen LogP contribution < -0.4 is 5.32 Å². The average Bonchev–Trinajstić information content (AvgIpc) is 3.02. The highest BCUT2D eigenvalue weighted by Crippen LogP contribution is 2.38. The van der Waals surface area contributed by atoms with Crippen LogP contribution in [0.5, 0.6) is 0 Å². The summed E-state index contributed by atoms with van der Waals surface area (Å²) < 4.78 is 39.5. The average molecular weight is 450 g/mol. The van der Waals surface area contributed by atoms with E-state index in [0.717, 1.165) is 17.8 Å². The van der Waals surface area contributed by atoms with Crippen molar-refractivity contribution in [3.05, 3.63) is 48.0 Å². The van der Waals surface area contributed by atoms with Crippen molar-refractivity contribution in [3.63, 3.8) is 0 Å². The molecule has 0 aromatic heterocycles. The van der Waals surface area contributed by atoms with Gasteiger partial charge >= 0.3 is 19.5 Å². The highest BCUT2D eigenvalue weighted by Gasteiger charge is 2.39. The van der Waals surface area contributed by atoms with Gasteiger partial charge in [-0.15, -0.1) is 11.8 Å². The molecule has 0 saturated carbocycles. The number of nitrogens with one attached hydrogen (secondary N) is 1. The summed E-state index contributed by atoms with van der Waals surface area (Å²) in [5.74, 6) is -2.90. The first-order valence-corrected chi connectivity index (χ1v) is 12.0. The number of aliphatic hydroxyl groups excluding tert-OH is 1. The van der Waals surface area contributed by atoms with Crippen molar-refractivity contribution in [2.45, 2.75) is 30.9 Å². The van der Waals surface area contributed by atoms with Gasteiger partial charge in [0.15, 0.2) is 0 Å². The van der Waals surface area contributed by atoms with Crippen molar-refractivity contribution in [3.8, 4) is 0 Å². The van der Waals surface area contributed by atoms with Gasteiger partial charge in [0.05, 0.1) is 11.5 Å². The van der Waals surface area contributed by atoms with Crippen LogP contribution in [0.1, 0.15) is 18.4 Å². The molecule has 0 bridgehead atoms. The van der Waals surface area contributed by atoms with Crippen LogP contribution in [0.25, 0.3) is 0 Å². The number of halogens is 2. The minimum atomic E-state index is -4.02. The second-order valence-corrected chi connectivity index (χ2v) is 9.85. The zero-order chi connectivity index (χ0) is 21.5. The first kappa shape index (κ1) is 23.8. The standard InChI is InChI=1S/C18H25F2N2O5PS/c19-18(20,14-6-2-1-3-7-14)16(23)9-8-15-12-21-17(24)22(15)10-4-5-11-29-13-28(25,26)27/h1-3,6-9,15-16,23H,4-5,10-13H2,(H,21,24)(H2,25,26,27)/t15-,16?/m0/s1. The number of aliphatic hydroxyl groups is 1. The Morgan fingerprint density at radius 2 is 2.00 bits per heavy atom. The lowest BCUT2D eigenvalue weighted by Gasteiger charge is -2.23. The third-order valence-electron chi connectivity index (χ3n) is 4.37. The molecular weight excluding hydrogens is 425 g/mol. The van der Waals surface area contributed by atoms with Crippen LogP contribution in [0.15, 0.2) is 42.5 Å². The summed E-state index contributed by atoms with van der Waals surface area (Å²) in [5.41, 5.74) is -0.529. The van der Waals surface area contributed by atoms with Gasteiger partial charge in [0, 0.05) is 18.7 Å². The lowest BCUT2D eigenvalue weighted by molar-refractivity contribution is -0.0929. The molecule has 7 nitrogen and oxygen atoms in total. The first-order chi connectivity index (χ1) is 13.6. The fourth-order valence-electron chi connectivity index (χ4n) is 2.85. The number of unbranched alkanes of at least 4 members (excludes halogenated alkanes) is 1. The van der Waals surface area contributed by atoms with Crippen molar-refractivity contribution in [1.29, 1.82) is 0 Å². The molecule has 0 aliphatic carbocycles. The highest BCUT2D eigenvalue weighted by atomic mass is 32.2. The predicted molar refractivity (Wildman–Crippen MR) is 108 cm³/mol. The van der Waals surface area contributed by atoms with Crippen molar-refractivity contribution < 1.29 is 33.0 Å². The maximum Gasteiger partial charge on any atom is 0.335 e. The van der Waals surface area contributed by atoms with E-state index in [4.69, 9.17) is 9.79 Å². The quantitative estimate of drug-likeness (QED) is 0.235. The number of rotatable bonds is 11. The Labute approximate surface area is 172 Å². The van der Waals surface area contributed by atoms with E-state index < -0.39 is 25.7 Å². The number of benzene rings is 1. The summed E-state index contributed by atoms with van der Waals surface area (Å²) in [6.45, 7) is 0.633. The Balaban J connectivity index is 1.85. The molecule has 1 saturated heterocycles. The van der Waals surface area contributed by atoms with Crippen LogP contribution in [0.2, 0.25) is 0 Å². The van der Waals surface area contributed by atoms with Crippen molar-refractivity contribution in [1.82, 2.24) is 10.2 Å². The molecule has 2 amide bonds. The van der Waals surface area contributed by atoms with E-state index in [1.54, 1.807) is 6.07 Å². The number of hydrogen-bond donors (Lipinski definition) is 4. The summed E-state index contributed by atoms with van der Waals surface area (Å²) in [5, 5.41) is 12.6. The van der Waals surface area contributed by atoms with E-state index in [2.05, 4.69) is 5.32 Å². The Morgan fingerprint density at radius 3 is 2.66 bits per heavy atom. The second kappa shape index (κ2) is 10.5. The molecule has 1 fully saturated rings. The molecule has 11 heteroatoms. The lowest BCUT2D eigenvalue weighted by Crippen LogP contribution is -2.35. The molecule has 0 radical (unpaired) electrons. The van der Waals surface area contributed by atoms with E-state index in [1.807, 2.05) is 0 Å². The van der Waals surface area contributed by atoms with Crippen LogP contribution in [0.3, 0.4) is 0 Å². The predicted octanol–water partition coefficient (Wildman–Crippen LogP) is 2.74. The van der Waals surface area contributed by atoms with Crippen molar-refractivity contribution in [2.75, 3.05) is 24.3 Å². The van der Waals surface area contributed by atoms with Crippen LogP contribution in [-0.4, -0.2) is 62.3 Å². The van der Waals surface area contributed by atoms with Crippen LogP contribution >= 0.6 is 19.4 Å². The maximum atomic E-state index is 14.3. The summed E-state index contributed by atoms with van der Waals surface area (Å²) >= 11 is 1.15. The summed E-state index contributed by atoms with van der Waals surface area (Å²) in [6.07, 6.45) is 1.66. The Bertz CT molecular complexity index is 747. The van der Waals surface area contributed by atoms with Gasteiger partial charge in [-0.1, -0.05) is 42.5 Å². The molecule has 1 aromatic carbocycles. The number of amides is 2. The molecule has 29 heavy (non-hydrogen) atoms. The minimum Gasteiger partial charge on any atom is -0.382 e. The highest BCUT2D eigenvalue weighted by molar-refractivity contribution is 8.04. The molecule has 1 aromatic rings. The maximum absolute atomic E-state index is 14.3. The first-order valence-electron chi connectivity index (χ1n) is 9.08. The fraction of sp³-hybridized carbons (Fsp3) is 0.500. The number of nitrogens with zero attached hydrogens (tertiary/aromatic N) is 1. The SMILES string of the molecule is O=C1NC[C@H](C=CC(O)C(F)(F)c2ccccc2)N1CCCCSCP(=O)(O)O. The molecular formula is C18H25F2N2O5PS. The van der Waals surface area contributed by atoms with E-state index in [-0.39, 0.29) is 23.6 Å². The number of hydrogen-bond acceptors (Lipinski definition) is 4. The van der Waals surface area contributed by atoms with Gasteiger partial charge in [-0.05, 0) is 18.6 Å². The number of carbonyl (C=O) groups excluding carboxylic acids is 1. The molecule has 1 unspecified atom stereocenters. The van der Waals surface area contributed by atoms with Crippen LogP contribution in [0.4, 0.5) is 13.6 Å².